The molecule has 0 radical (unpaired) electrons. The number of phosphoric acid groups is 3. The summed E-state index contributed by atoms with van der Waals surface area (Å²) in [4.78, 5) is 89.6. The van der Waals surface area contributed by atoms with E-state index in [1.807, 2.05) is 13.8 Å². The van der Waals surface area contributed by atoms with Crippen molar-refractivity contribution in [3.63, 3.8) is 0 Å². The van der Waals surface area contributed by atoms with E-state index in [9.17, 15) is 57.9 Å². The number of unbranched alkanes of at least 4 members (excludes halogenated alkanes) is 4. The fraction of sp³-hybridized carbons (Fsp3) is 0.689. The second kappa shape index (κ2) is 25.3. The number of benzene rings is 1. The highest BCUT2D eigenvalue weighted by Crippen LogP contribution is 2.61. The number of aryl methyl sites for hydroxylation is 2. The lowest BCUT2D eigenvalue weighted by atomic mass is 9.81. The van der Waals surface area contributed by atoms with E-state index in [1.165, 1.54) is 57.1 Å². The number of nitrogen functional groups attached to an aromatic ring is 1. The van der Waals surface area contributed by atoms with Crippen LogP contribution in [-0.2, 0) is 63.5 Å². The maximum Gasteiger partial charge on any atom is 0.481 e. The Morgan fingerprint density at radius 1 is 0.875 bits per heavy atom. The molecular formula is C45H72N7O17P3. The van der Waals surface area contributed by atoms with E-state index < -0.39 is 90.0 Å². The Bertz CT molecular complexity index is 2450. The van der Waals surface area contributed by atoms with Crippen molar-refractivity contribution in [3.8, 4) is 0 Å². The second-order valence-electron chi connectivity index (χ2n) is 20.4. The van der Waals surface area contributed by atoms with E-state index in [2.05, 4.69) is 65.6 Å². The Kier molecular flexibility index (Phi) is 20.8. The maximum atomic E-state index is 13.0. The van der Waals surface area contributed by atoms with Crippen molar-refractivity contribution in [2.24, 2.45) is 16.2 Å². The lowest BCUT2D eigenvalue weighted by molar-refractivity contribution is -0.137. The molecule has 0 bridgehead atoms. The van der Waals surface area contributed by atoms with Crippen molar-refractivity contribution in [1.82, 2.24) is 30.2 Å². The average Bonchev–Trinajstić information content (AvgIpc) is 3.75. The van der Waals surface area contributed by atoms with Crippen molar-refractivity contribution < 1.29 is 80.5 Å². The van der Waals surface area contributed by atoms with Crippen molar-refractivity contribution in [1.29, 1.82) is 0 Å². The number of hydrogen-bond donors (Lipinski definition) is 9. The van der Waals surface area contributed by atoms with Crippen LogP contribution in [-0.4, -0.2) is 118 Å². The van der Waals surface area contributed by atoms with E-state index in [-0.39, 0.29) is 48.7 Å². The molecule has 2 aliphatic rings. The third kappa shape index (κ3) is 18.4. The number of phosphoric ester groups is 3. The highest BCUT2D eigenvalue weighted by molar-refractivity contribution is 7.61. The van der Waals surface area contributed by atoms with Crippen molar-refractivity contribution >= 4 is 58.0 Å². The van der Waals surface area contributed by atoms with Gasteiger partial charge >= 0.3 is 23.5 Å². The summed E-state index contributed by atoms with van der Waals surface area (Å²) < 4.78 is 62.6. The Morgan fingerprint density at radius 3 is 2.12 bits per heavy atom. The van der Waals surface area contributed by atoms with Gasteiger partial charge in [-0.25, -0.2) is 28.6 Å². The third-order valence-corrected chi connectivity index (χ3v) is 16.2. The molecule has 1 aliphatic carbocycles. The van der Waals surface area contributed by atoms with Gasteiger partial charge in [-0.1, -0.05) is 84.6 Å². The molecule has 404 valence electrons. The van der Waals surface area contributed by atoms with Crippen LogP contribution in [0.2, 0.25) is 0 Å². The summed E-state index contributed by atoms with van der Waals surface area (Å²) in [6.45, 7) is 6.61. The number of Topliss-reactive ketones (excluding diaryl/α,β-unsaturated/α-hetero) is 1. The number of aromatic nitrogens is 4. The average molecular weight is 1080 g/mol. The smallest absolute Gasteiger partial charge is 0.386 e. The van der Waals surface area contributed by atoms with Gasteiger partial charge in [-0.3, -0.25) is 32.5 Å². The van der Waals surface area contributed by atoms with E-state index >= 15 is 0 Å². The van der Waals surface area contributed by atoms with Gasteiger partial charge in [0.1, 0.15) is 42.0 Å². The van der Waals surface area contributed by atoms with E-state index in [4.69, 9.17) is 19.5 Å². The minimum absolute atomic E-state index is 0.0268. The van der Waals surface area contributed by atoms with Crippen LogP contribution < -0.4 is 16.4 Å². The summed E-state index contributed by atoms with van der Waals surface area (Å²) in [7, 11) is -16.4. The van der Waals surface area contributed by atoms with Crippen LogP contribution in [0.25, 0.3) is 11.2 Å². The molecule has 1 aliphatic heterocycles. The first-order valence-corrected chi connectivity index (χ1v) is 28.6. The topological polar surface area (TPSA) is 364 Å². The molecule has 1 aromatic carbocycles. The highest BCUT2D eigenvalue weighted by Gasteiger charge is 2.50. The highest BCUT2D eigenvalue weighted by atomic mass is 31.3. The van der Waals surface area contributed by atoms with E-state index in [1.54, 1.807) is 0 Å². The fourth-order valence-corrected chi connectivity index (χ4v) is 11.0. The number of nitrogens with one attached hydrogen (secondary N) is 2. The zero-order valence-corrected chi connectivity index (χ0v) is 44.1. The zero-order valence-electron chi connectivity index (χ0n) is 41.5. The molecule has 1 saturated carbocycles. The summed E-state index contributed by atoms with van der Waals surface area (Å²) in [6.07, 6.45) is 6.85. The molecule has 24 nitrogen and oxygen atoms in total. The van der Waals surface area contributed by atoms with Crippen molar-refractivity contribution in [2.75, 3.05) is 32.0 Å². The number of aliphatic hydroxyl groups excluding tert-OH is 2. The van der Waals surface area contributed by atoms with Crippen LogP contribution in [0, 0.1) is 16.2 Å². The molecule has 27 heteroatoms. The predicted octanol–water partition coefficient (Wildman–Crippen LogP) is 5.10. The molecule has 0 spiro atoms. The van der Waals surface area contributed by atoms with E-state index in [0.29, 0.717) is 5.41 Å². The van der Waals surface area contributed by atoms with Crippen molar-refractivity contribution in [2.45, 2.75) is 155 Å². The van der Waals surface area contributed by atoms with Gasteiger partial charge in [0.2, 0.25) is 11.8 Å². The first-order valence-electron chi connectivity index (χ1n) is 24.1. The molecule has 7 unspecified atom stereocenters. The largest absolute Gasteiger partial charge is 0.481 e. The number of anilines is 1. The molecular weight excluding hydrogens is 1000 g/mol. The first-order chi connectivity index (χ1) is 33.6. The normalized spacial score (nSPS) is 21.2. The number of aliphatic hydroxyl groups is 2. The summed E-state index contributed by atoms with van der Waals surface area (Å²) in [6, 6.07) is 9.02. The molecule has 1 saturated heterocycles. The standard InChI is InChI=1S/C45H72N7O17P3/c1-43(2,20-10-7-6-8-12-30-14-16-31(17-15-30)13-9-11-21-45(5)22-23-45)33(53)18-24-47-34(54)19-25-48-41(57)38(56)44(3,4)27-66-72(63,64)69-71(61,62)65-26-32-37(68-70(58,59)60)36(55)42(67-32)52-29-51-35-39(46)49-28-50-40(35)52/h14-17,28-29,32,36-38,42,55-56H,6-13,18-27H2,1-5H3,(H,47,54)(H,48,57)(H,61,62)(H,63,64)(H2,46,49,50)(H2,58,59,60). The van der Waals surface area contributed by atoms with Crippen LogP contribution >= 0.6 is 23.5 Å². The number of ether oxygens (including phenoxy) is 1. The van der Waals surface area contributed by atoms with Crippen LogP contribution in [0.3, 0.4) is 0 Å². The van der Waals surface area contributed by atoms with E-state index in [0.717, 1.165) is 62.2 Å². The monoisotopic (exact) mass is 1080 g/mol. The van der Waals surface area contributed by atoms with Gasteiger partial charge in [0.15, 0.2) is 17.7 Å². The summed E-state index contributed by atoms with van der Waals surface area (Å²) in [5, 5.41) is 26.7. The summed E-state index contributed by atoms with van der Waals surface area (Å²) >= 11 is 0. The number of hydrogen-bond acceptors (Lipinski definition) is 17. The number of fused-ring (bicyclic) bond motifs is 1. The maximum absolute atomic E-state index is 13.0. The Labute approximate surface area is 419 Å². The van der Waals surface area contributed by atoms with Crippen LogP contribution in [0.15, 0.2) is 36.9 Å². The first kappa shape index (κ1) is 59.3. The molecule has 2 fully saturated rings. The van der Waals surface area contributed by atoms with Gasteiger partial charge in [0, 0.05) is 36.8 Å². The molecule has 10 N–H and O–H groups in total. The van der Waals surface area contributed by atoms with Crippen LogP contribution in [0.4, 0.5) is 5.82 Å². The zero-order chi connectivity index (χ0) is 53.1. The Hall–Kier alpha value is -3.57. The second-order valence-corrected chi connectivity index (χ2v) is 24.6. The summed E-state index contributed by atoms with van der Waals surface area (Å²) in [5.74, 6) is -1.44. The quantitative estimate of drug-likeness (QED) is 0.0290. The SMILES string of the molecule is CC1(CCCCc2ccc(CCCCCCC(C)(C)C(=O)CCNC(=O)CCNC(=O)C(O)C(C)(C)COP(=O)(O)OP(=O)(O)OCC3OC(n4cnc5c(N)ncnc54)C(O)C3OP(=O)(O)O)cc2)CC1. The number of imidazole rings is 1. The van der Waals surface area contributed by atoms with Gasteiger partial charge in [0.25, 0.3) is 0 Å². The molecule has 72 heavy (non-hydrogen) atoms. The number of rotatable bonds is 32. The number of ketones is 1. The number of carbonyl (C=O) groups is 3. The van der Waals surface area contributed by atoms with Crippen molar-refractivity contribution in [3.05, 3.63) is 48.0 Å². The molecule has 7 atom stereocenters. The number of nitrogens with zero attached hydrogens (tertiary/aromatic N) is 4. The van der Waals surface area contributed by atoms with Gasteiger partial charge in [-0.05, 0) is 67.9 Å². The molecule has 5 rings (SSSR count). The fourth-order valence-electron chi connectivity index (χ4n) is 8.20. The van der Waals surface area contributed by atoms with Gasteiger partial charge < -0.3 is 50.9 Å². The minimum Gasteiger partial charge on any atom is -0.386 e. The Balaban J connectivity index is 0.946. The number of nitrogens with two attached hydrogens (primary N) is 1. The van der Waals surface area contributed by atoms with Gasteiger partial charge in [0.05, 0.1) is 19.5 Å². The molecule has 2 amide bonds. The Morgan fingerprint density at radius 2 is 1.49 bits per heavy atom. The van der Waals surface area contributed by atoms with Gasteiger partial charge in [-0.2, -0.15) is 4.31 Å². The van der Waals surface area contributed by atoms with Crippen LogP contribution in [0.5, 0.6) is 0 Å². The third-order valence-electron chi connectivity index (χ3n) is 13.1. The predicted molar refractivity (Wildman–Crippen MR) is 261 cm³/mol. The number of amides is 2. The minimum atomic E-state index is -5.59. The number of carbonyl (C=O) groups excluding carboxylic acids is 3. The lowest BCUT2D eigenvalue weighted by Crippen LogP contribution is -2.46. The van der Waals surface area contributed by atoms with Gasteiger partial charge in [-0.15, -0.1) is 0 Å². The lowest BCUT2D eigenvalue weighted by Gasteiger charge is -2.30. The molecule has 2 aromatic heterocycles. The summed E-state index contributed by atoms with van der Waals surface area (Å²) in [5.41, 5.74) is 7.11. The molecule has 3 aromatic rings. The van der Waals surface area contributed by atoms with Crippen LogP contribution in [0.1, 0.15) is 129 Å². The molecule has 3 heterocycles.